The molecule has 0 fully saturated rings. The van der Waals surface area contributed by atoms with Crippen LogP contribution < -0.4 is 5.32 Å². The Labute approximate surface area is 64.1 Å². The van der Waals surface area contributed by atoms with E-state index in [0.717, 1.165) is 12.2 Å². The second-order valence-electron chi connectivity index (χ2n) is 2.34. The fraction of sp³-hybridized carbons (Fsp3) is 0.500. The molecule has 0 spiro atoms. The SMILES string of the molecule is CNC1C[C]=Nn2cnnc21. The minimum absolute atomic E-state index is 0.204. The minimum atomic E-state index is 0.204. The van der Waals surface area contributed by atoms with Gasteiger partial charge < -0.3 is 5.32 Å². The highest BCUT2D eigenvalue weighted by molar-refractivity contribution is 5.59. The molecule has 1 aromatic rings. The molecule has 0 saturated heterocycles. The molecule has 0 aliphatic carbocycles. The zero-order chi connectivity index (χ0) is 7.68. The van der Waals surface area contributed by atoms with Gasteiger partial charge in [-0.05, 0) is 7.05 Å². The average molecular weight is 150 g/mol. The van der Waals surface area contributed by atoms with Gasteiger partial charge in [0.05, 0.1) is 12.3 Å². The Hall–Kier alpha value is -1.23. The molecular formula is C6H8N5. The third-order valence-corrected chi connectivity index (χ3v) is 1.69. The molecule has 1 radical (unpaired) electrons. The van der Waals surface area contributed by atoms with Crippen molar-refractivity contribution >= 4 is 6.21 Å². The van der Waals surface area contributed by atoms with Gasteiger partial charge in [0.15, 0.2) is 5.82 Å². The van der Waals surface area contributed by atoms with Crippen LogP contribution in [0.4, 0.5) is 0 Å². The fourth-order valence-corrected chi connectivity index (χ4v) is 1.08. The minimum Gasteiger partial charge on any atom is -0.310 e. The molecule has 0 saturated carbocycles. The molecule has 0 aromatic carbocycles. The van der Waals surface area contributed by atoms with E-state index in [0.29, 0.717) is 0 Å². The van der Waals surface area contributed by atoms with Crippen molar-refractivity contribution in [3.8, 4) is 0 Å². The highest BCUT2D eigenvalue weighted by Crippen LogP contribution is 2.15. The summed E-state index contributed by atoms with van der Waals surface area (Å²) in [6.07, 6.45) is 5.21. The van der Waals surface area contributed by atoms with Crippen molar-refractivity contribution in [3.05, 3.63) is 12.2 Å². The first-order valence-corrected chi connectivity index (χ1v) is 3.43. The highest BCUT2D eigenvalue weighted by atomic mass is 15.4. The second-order valence-corrected chi connectivity index (χ2v) is 2.34. The Kier molecular flexibility index (Phi) is 1.43. The van der Waals surface area contributed by atoms with E-state index in [9.17, 15) is 0 Å². The van der Waals surface area contributed by atoms with Crippen LogP contribution in [0.5, 0.6) is 0 Å². The average Bonchev–Trinajstić information content (AvgIpc) is 2.50. The van der Waals surface area contributed by atoms with Gasteiger partial charge in [-0.2, -0.15) is 5.10 Å². The number of nitrogens with one attached hydrogen (secondary N) is 1. The lowest BCUT2D eigenvalue weighted by molar-refractivity contribution is 0.538. The molecule has 11 heavy (non-hydrogen) atoms. The van der Waals surface area contributed by atoms with Gasteiger partial charge in [-0.25, -0.2) is 4.68 Å². The van der Waals surface area contributed by atoms with Gasteiger partial charge in [-0.1, -0.05) is 0 Å². The van der Waals surface area contributed by atoms with Crippen molar-refractivity contribution in [3.63, 3.8) is 0 Å². The zero-order valence-electron chi connectivity index (χ0n) is 6.15. The summed E-state index contributed by atoms with van der Waals surface area (Å²) in [6, 6.07) is 0.204. The first kappa shape index (κ1) is 6.48. The number of hydrogen-bond donors (Lipinski definition) is 1. The summed E-state index contributed by atoms with van der Waals surface area (Å²) in [5, 5.41) is 14.7. The zero-order valence-corrected chi connectivity index (χ0v) is 6.15. The lowest BCUT2D eigenvalue weighted by Crippen LogP contribution is -2.23. The van der Waals surface area contributed by atoms with Crippen LogP contribution in [0.25, 0.3) is 0 Å². The van der Waals surface area contributed by atoms with E-state index in [-0.39, 0.29) is 6.04 Å². The Balaban J connectivity index is 2.41. The van der Waals surface area contributed by atoms with E-state index in [1.165, 1.54) is 0 Å². The quantitative estimate of drug-likeness (QED) is 0.595. The molecule has 5 heteroatoms. The summed E-state index contributed by atoms with van der Waals surface area (Å²) < 4.78 is 1.63. The van der Waals surface area contributed by atoms with Crippen LogP contribution in [0, 0.1) is 0 Å². The Morgan fingerprint density at radius 3 is 3.55 bits per heavy atom. The molecule has 2 rings (SSSR count). The standard InChI is InChI=1S/C6H8N5/c1-7-5-2-3-9-11-4-8-10-6(5)11/h4-5,7H,2H2,1H3. The van der Waals surface area contributed by atoms with Crippen LogP contribution in [0.15, 0.2) is 11.4 Å². The van der Waals surface area contributed by atoms with Crippen LogP contribution in [0.1, 0.15) is 18.3 Å². The van der Waals surface area contributed by atoms with Crippen molar-refractivity contribution in [1.82, 2.24) is 20.2 Å². The predicted molar refractivity (Wildman–Crippen MR) is 39.3 cm³/mol. The van der Waals surface area contributed by atoms with E-state index in [1.54, 1.807) is 11.0 Å². The van der Waals surface area contributed by atoms with Crippen LogP contribution in [0.2, 0.25) is 0 Å². The van der Waals surface area contributed by atoms with Gasteiger partial charge in [-0.15, -0.1) is 10.2 Å². The van der Waals surface area contributed by atoms with Gasteiger partial charge in [0.2, 0.25) is 0 Å². The lowest BCUT2D eigenvalue weighted by atomic mass is 10.2. The summed E-state index contributed by atoms with van der Waals surface area (Å²) in [7, 11) is 1.89. The molecule has 1 aliphatic heterocycles. The van der Waals surface area contributed by atoms with Crippen molar-refractivity contribution in [1.29, 1.82) is 0 Å². The molecule has 1 aliphatic rings. The van der Waals surface area contributed by atoms with Crippen LogP contribution >= 0.6 is 0 Å². The van der Waals surface area contributed by atoms with E-state index >= 15 is 0 Å². The summed E-state index contributed by atoms with van der Waals surface area (Å²) in [5.74, 6) is 0.853. The first-order chi connectivity index (χ1) is 5.42. The highest BCUT2D eigenvalue weighted by Gasteiger charge is 2.18. The fourth-order valence-electron chi connectivity index (χ4n) is 1.08. The second kappa shape index (κ2) is 2.43. The van der Waals surface area contributed by atoms with E-state index in [1.807, 2.05) is 7.05 Å². The summed E-state index contributed by atoms with van der Waals surface area (Å²) in [6.45, 7) is 0. The smallest absolute Gasteiger partial charge is 0.171 e. The third kappa shape index (κ3) is 0.932. The number of rotatable bonds is 1. The molecule has 57 valence electrons. The molecule has 0 bridgehead atoms. The molecule has 1 N–H and O–H groups in total. The maximum Gasteiger partial charge on any atom is 0.171 e. The maximum atomic E-state index is 3.95. The maximum absolute atomic E-state index is 3.95. The van der Waals surface area contributed by atoms with Gasteiger partial charge in [-0.3, -0.25) is 0 Å². The summed E-state index contributed by atoms with van der Waals surface area (Å²) in [5.41, 5.74) is 0. The molecule has 1 atom stereocenters. The van der Waals surface area contributed by atoms with E-state index < -0.39 is 0 Å². The predicted octanol–water partition coefficient (Wildman–Crippen LogP) is -0.347. The van der Waals surface area contributed by atoms with Crippen LogP contribution in [0.3, 0.4) is 0 Å². The molecule has 2 heterocycles. The molecule has 0 amide bonds. The number of aromatic nitrogens is 3. The van der Waals surface area contributed by atoms with Gasteiger partial charge in [0.1, 0.15) is 6.33 Å². The number of nitrogens with zero attached hydrogens (tertiary/aromatic N) is 4. The van der Waals surface area contributed by atoms with Crippen molar-refractivity contribution < 1.29 is 0 Å². The molecule has 5 nitrogen and oxygen atoms in total. The van der Waals surface area contributed by atoms with Crippen molar-refractivity contribution in [2.75, 3.05) is 7.05 Å². The lowest BCUT2D eigenvalue weighted by Gasteiger charge is -2.14. The summed E-state index contributed by atoms with van der Waals surface area (Å²) >= 11 is 0. The molecular weight excluding hydrogens is 142 g/mol. The largest absolute Gasteiger partial charge is 0.310 e. The topological polar surface area (TPSA) is 55.1 Å². The van der Waals surface area contributed by atoms with Crippen LogP contribution in [-0.2, 0) is 0 Å². The molecule has 1 aromatic heterocycles. The van der Waals surface area contributed by atoms with E-state index in [4.69, 9.17) is 0 Å². The number of fused-ring (bicyclic) bond motifs is 1. The monoisotopic (exact) mass is 150 g/mol. The van der Waals surface area contributed by atoms with Crippen molar-refractivity contribution in [2.45, 2.75) is 12.5 Å². The van der Waals surface area contributed by atoms with Gasteiger partial charge >= 0.3 is 0 Å². The Morgan fingerprint density at radius 2 is 2.73 bits per heavy atom. The van der Waals surface area contributed by atoms with Gasteiger partial charge in [0.25, 0.3) is 0 Å². The normalized spacial score (nSPS) is 21.7. The third-order valence-electron chi connectivity index (χ3n) is 1.69. The van der Waals surface area contributed by atoms with Crippen molar-refractivity contribution in [2.24, 2.45) is 5.10 Å². The Morgan fingerprint density at radius 1 is 1.82 bits per heavy atom. The first-order valence-electron chi connectivity index (χ1n) is 3.43. The number of hydrogen-bond acceptors (Lipinski definition) is 4. The summed E-state index contributed by atoms with van der Waals surface area (Å²) in [4.78, 5) is 0. The molecule has 1 unspecified atom stereocenters. The van der Waals surface area contributed by atoms with E-state index in [2.05, 4.69) is 26.8 Å². The Bertz CT molecular complexity index is 276. The van der Waals surface area contributed by atoms with Gasteiger partial charge in [0, 0.05) is 6.42 Å². The van der Waals surface area contributed by atoms with Crippen LogP contribution in [-0.4, -0.2) is 28.1 Å².